The summed E-state index contributed by atoms with van der Waals surface area (Å²) in [6.45, 7) is 1.54. The van der Waals surface area contributed by atoms with Crippen molar-refractivity contribution in [3.05, 3.63) is 71.8 Å². The Labute approximate surface area is 173 Å². The van der Waals surface area contributed by atoms with Gasteiger partial charge in [0.15, 0.2) is 0 Å². The molecule has 1 aliphatic rings. The molecule has 2 unspecified atom stereocenters. The van der Waals surface area contributed by atoms with Crippen molar-refractivity contribution in [3.8, 4) is 0 Å². The van der Waals surface area contributed by atoms with Crippen LogP contribution in [0.1, 0.15) is 36.8 Å². The zero-order valence-electron chi connectivity index (χ0n) is 16.9. The average Bonchev–Trinajstić information content (AvgIpc) is 2.74. The topological polar surface area (TPSA) is 75.4 Å². The van der Waals surface area contributed by atoms with E-state index in [2.05, 4.69) is 5.32 Å². The molecule has 2 aromatic rings. The Morgan fingerprint density at radius 2 is 1.41 bits per heavy atom. The van der Waals surface area contributed by atoms with E-state index in [9.17, 15) is 9.59 Å². The Morgan fingerprint density at radius 3 is 2.00 bits per heavy atom. The summed E-state index contributed by atoms with van der Waals surface area (Å²) in [5.74, 6) is -0.154. The van der Waals surface area contributed by atoms with Gasteiger partial charge in [-0.3, -0.25) is 9.59 Å². The molecule has 0 bridgehead atoms. The molecule has 1 fully saturated rings. The molecule has 29 heavy (non-hydrogen) atoms. The van der Waals surface area contributed by atoms with Crippen molar-refractivity contribution in [2.24, 2.45) is 5.73 Å². The molecule has 1 aliphatic heterocycles. The number of amides is 2. The van der Waals surface area contributed by atoms with E-state index >= 15 is 0 Å². The fourth-order valence-electron chi connectivity index (χ4n) is 3.86. The molecule has 2 aromatic carbocycles. The summed E-state index contributed by atoms with van der Waals surface area (Å²) in [4.78, 5) is 27.7. The number of likely N-dealkylation sites (tertiary alicyclic amines) is 1. The molecule has 0 spiro atoms. The Bertz CT molecular complexity index is 773. The SMILES string of the molecule is NC(CC(=O)NC(Cc1ccccc1)C(=O)N1CCCCC1)Cc1ccccc1. The normalized spacial score (nSPS) is 16.1. The molecule has 0 aliphatic carbocycles. The average molecular weight is 394 g/mol. The Kier molecular flexibility index (Phi) is 7.82. The predicted molar refractivity (Wildman–Crippen MR) is 115 cm³/mol. The number of benzene rings is 2. The van der Waals surface area contributed by atoms with Crippen molar-refractivity contribution in [2.75, 3.05) is 13.1 Å². The van der Waals surface area contributed by atoms with Crippen LogP contribution in [0.4, 0.5) is 0 Å². The van der Waals surface area contributed by atoms with E-state index in [0.717, 1.165) is 43.5 Å². The Balaban J connectivity index is 1.61. The lowest BCUT2D eigenvalue weighted by atomic mass is 10.0. The standard InChI is InChI=1S/C24H31N3O2/c25-21(16-19-10-4-1-5-11-19)18-23(28)26-22(17-20-12-6-2-7-13-20)24(29)27-14-8-3-9-15-27/h1-2,4-7,10-13,21-22H,3,8-9,14-18,25H2,(H,26,28). The molecule has 2 atom stereocenters. The minimum absolute atomic E-state index is 0.0125. The van der Waals surface area contributed by atoms with Gasteiger partial charge in [0.25, 0.3) is 0 Å². The maximum absolute atomic E-state index is 13.1. The number of hydrogen-bond donors (Lipinski definition) is 2. The van der Waals surface area contributed by atoms with Gasteiger partial charge in [-0.05, 0) is 36.8 Å². The Morgan fingerprint density at radius 1 is 0.862 bits per heavy atom. The van der Waals surface area contributed by atoms with Crippen LogP contribution in [0.15, 0.2) is 60.7 Å². The first-order chi connectivity index (χ1) is 14.1. The van der Waals surface area contributed by atoms with Gasteiger partial charge >= 0.3 is 0 Å². The molecule has 1 heterocycles. The van der Waals surface area contributed by atoms with Crippen molar-refractivity contribution in [3.63, 3.8) is 0 Å². The van der Waals surface area contributed by atoms with Gasteiger partial charge in [0.1, 0.15) is 6.04 Å². The molecule has 3 N–H and O–H groups in total. The molecular formula is C24H31N3O2. The summed E-state index contributed by atoms with van der Waals surface area (Å²) >= 11 is 0. The van der Waals surface area contributed by atoms with Crippen molar-refractivity contribution in [2.45, 2.75) is 50.6 Å². The van der Waals surface area contributed by atoms with Gasteiger partial charge in [0.05, 0.1) is 0 Å². The van der Waals surface area contributed by atoms with Crippen LogP contribution < -0.4 is 11.1 Å². The molecule has 5 nitrogen and oxygen atoms in total. The van der Waals surface area contributed by atoms with Crippen molar-refractivity contribution >= 4 is 11.8 Å². The van der Waals surface area contributed by atoms with E-state index in [1.807, 2.05) is 65.6 Å². The van der Waals surface area contributed by atoms with Crippen molar-refractivity contribution in [1.82, 2.24) is 10.2 Å². The summed E-state index contributed by atoms with van der Waals surface area (Å²) in [6, 6.07) is 18.9. The highest BCUT2D eigenvalue weighted by molar-refractivity contribution is 5.88. The van der Waals surface area contributed by atoms with E-state index in [1.165, 1.54) is 0 Å². The summed E-state index contributed by atoms with van der Waals surface area (Å²) in [6.07, 6.45) is 4.55. The molecule has 154 valence electrons. The van der Waals surface area contributed by atoms with Crippen molar-refractivity contribution < 1.29 is 9.59 Å². The van der Waals surface area contributed by atoms with E-state index in [-0.39, 0.29) is 24.3 Å². The number of nitrogens with zero attached hydrogens (tertiary/aromatic N) is 1. The fourth-order valence-corrected chi connectivity index (χ4v) is 3.86. The molecule has 0 saturated carbocycles. The monoisotopic (exact) mass is 393 g/mol. The Hall–Kier alpha value is -2.66. The number of hydrogen-bond acceptors (Lipinski definition) is 3. The van der Waals surface area contributed by atoms with E-state index in [0.29, 0.717) is 12.8 Å². The highest BCUT2D eigenvalue weighted by atomic mass is 16.2. The summed E-state index contributed by atoms with van der Waals surface area (Å²) in [7, 11) is 0. The van der Waals surface area contributed by atoms with Gasteiger partial charge < -0.3 is 16.0 Å². The van der Waals surface area contributed by atoms with E-state index in [4.69, 9.17) is 5.73 Å². The van der Waals surface area contributed by atoms with E-state index in [1.54, 1.807) is 0 Å². The summed E-state index contributed by atoms with van der Waals surface area (Å²) < 4.78 is 0. The van der Waals surface area contributed by atoms with Gasteiger partial charge in [-0.15, -0.1) is 0 Å². The van der Waals surface area contributed by atoms with Crippen LogP contribution in [-0.4, -0.2) is 41.9 Å². The minimum atomic E-state index is -0.549. The lowest BCUT2D eigenvalue weighted by Gasteiger charge is -2.31. The molecular weight excluding hydrogens is 362 g/mol. The third kappa shape index (κ3) is 6.71. The first-order valence-corrected chi connectivity index (χ1v) is 10.5. The van der Waals surface area contributed by atoms with E-state index < -0.39 is 6.04 Å². The number of piperidine rings is 1. The number of nitrogens with one attached hydrogen (secondary N) is 1. The lowest BCUT2D eigenvalue weighted by molar-refractivity contribution is -0.137. The predicted octanol–water partition coefficient (Wildman–Crippen LogP) is 2.69. The summed E-state index contributed by atoms with van der Waals surface area (Å²) in [5.41, 5.74) is 8.35. The highest BCUT2D eigenvalue weighted by Crippen LogP contribution is 2.13. The van der Waals surface area contributed by atoms with Gasteiger partial charge in [0, 0.05) is 32.0 Å². The van der Waals surface area contributed by atoms with Gasteiger partial charge in [-0.1, -0.05) is 60.7 Å². The highest BCUT2D eigenvalue weighted by Gasteiger charge is 2.27. The quantitative estimate of drug-likeness (QED) is 0.724. The molecule has 2 amide bonds. The minimum Gasteiger partial charge on any atom is -0.344 e. The molecule has 0 radical (unpaired) electrons. The van der Waals surface area contributed by atoms with Crippen LogP contribution >= 0.6 is 0 Å². The second-order valence-corrected chi connectivity index (χ2v) is 7.85. The van der Waals surface area contributed by atoms with Crippen LogP contribution in [0.3, 0.4) is 0 Å². The van der Waals surface area contributed by atoms with Crippen LogP contribution in [0.25, 0.3) is 0 Å². The number of nitrogens with two attached hydrogens (primary N) is 1. The third-order valence-electron chi connectivity index (χ3n) is 5.37. The fraction of sp³-hybridized carbons (Fsp3) is 0.417. The third-order valence-corrected chi connectivity index (χ3v) is 5.37. The lowest BCUT2D eigenvalue weighted by Crippen LogP contribution is -2.51. The summed E-state index contributed by atoms with van der Waals surface area (Å²) in [5, 5.41) is 2.97. The number of carbonyl (C=O) groups is 2. The van der Waals surface area contributed by atoms with Gasteiger partial charge in [-0.25, -0.2) is 0 Å². The first-order valence-electron chi connectivity index (χ1n) is 10.5. The van der Waals surface area contributed by atoms with Gasteiger partial charge in [0.2, 0.25) is 11.8 Å². The maximum Gasteiger partial charge on any atom is 0.245 e. The van der Waals surface area contributed by atoms with Crippen molar-refractivity contribution in [1.29, 1.82) is 0 Å². The molecule has 5 heteroatoms. The smallest absolute Gasteiger partial charge is 0.245 e. The van der Waals surface area contributed by atoms with Crippen LogP contribution in [0.5, 0.6) is 0 Å². The van der Waals surface area contributed by atoms with Gasteiger partial charge in [-0.2, -0.15) is 0 Å². The molecule has 3 rings (SSSR count). The van der Waals surface area contributed by atoms with Crippen LogP contribution in [0.2, 0.25) is 0 Å². The first kappa shape index (κ1) is 21.1. The zero-order chi connectivity index (χ0) is 20.5. The number of carbonyl (C=O) groups excluding carboxylic acids is 2. The van der Waals surface area contributed by atoms with Crippen LogP contribution in [0, 0.1) is 0 Å². The maximum atomic E-state index is 13.1. The molecule has 1 saturated heterocycles. The largest absolute Gasteiger partial charge is 0.344 e. The second-order valence-electron chi connectivity index (χ2n) is 7.85. The zero-order valence-corrected chi connectivity index (χ0v) is 16.9. The second kappa shape index (κ2) is 10.8. The number of rotatable bonds is 8. The van der Waals surface area contributed by atoms with Crippen LogP contribution in [-0.2, 0) is 22.4 Å². The molecule has 0 aromatic heterocycles.